The fraction of sp³-hybridized carbons (Fsp3) is 0. The van der Waals surface area contributed by atoms with E-state index in [4.69, 9.17) is 5.14 Å². The van der Waals surface area contributed by atoms with Crippen molar-refractivity contribution < 1.29 is 8.42 Å². The Morgan fingerprint density at radius 3 is 2.63 bits per heavy atom. The van der Waals surface area contributed by atoms with Crippen molar-refractivity contribution in [2.45, 2.75) is 4.90 Å². The quantitative estimate of drug-likeness (QED) is 0.756. The van der Waals surface area contributed by atoms with Gasteiger partial charge in [-0.1, -0.05) is 18.2 Å². The molecule has 2 N–H and O–H groups in total. The van der Waals surface area contributed by atoms with Crippen LogP contribution >= 0.6 is 0 Å². The van der Waals surface area contributed by atoms with E-state index in [0.717, 1.165) is 5.52 Å². The number of rotatable bonds is 2. The highest BCUT2D eigenvalue weighted by atomic mass is 32.2. The zero-order valence-corrected chi connectivity index (χ0v) is 10.6. The van der Waals surface area contributed by atoms with Crippen LogP contribution in [0.3, 0.4) is 0 Å². The van der Waals surface area contributed by atoms with Gasteiger partial charge in [-0.25, -0.2) is 23.5 Å². The highest BCUT2D eigenvalue weighted by Crippen LogP contribution is 2.26. The lowest BCUT2D eigenvalue weighted by atomic mass is 10.2. The molecule has 0 atom stereocenters. The van der Waals surface area contributed by atoms with E-state index in [1.807, 2.05) is 12.1 Å². The van der Waals surface area contributed by atoms with Crippen LogP contribution in [0.2, 0.25) is 0 Å². The van der Waals surface area contributed by atoms with Crippen LogP contribution < -0.4 is 5.14 Å². The van der Waals surface area contributed by atoms with Gasteiger partial charge in [0, 0.05) is 17.8 Å². The normalized spacial score (nSPS) is 11.8. The topological polar surface area (TPSA) is 90.9 Å². The van der Waals surface area contributed by atoms with Crippen molar-refractivity contribution >= 4 is 20.9 Å². The summed E-state index contributed by atoms with van der Waals surface area (Å²) < 4.78 is 24.9. The lowest BCUT2D eigenvalue weighted by Gasteiger charge is -2.02. The fourth-order valence-electron chi connectivity index (χ4n) is 1.99. The SMILES string of the molecule is NS(=O)(=O)c1cn(-c2ccncn2)c2ccccc12. The van der Waals surface area contributed by atoms with Gasteiger partial charge in [-0.15, -0.1) is 0 Å². The summed E-state index contributed by atoms with van der Waals surface area (Å²) >= 11 is 0. The molecule has 96 valence electrons. The van der Waals surface area contributed by atoms with Gasteiger partial charge in [0.15, 0.2) is 0 Å². The number of aromatic nitrogens is 3. The smallest absolute Gasteiger partial charge is 0.240 e. The van der Waals surface area contributed by atoms with Crippen molar-refractivity contribution in [3.8, 4) is 5.82 Å². The number of hydrogen-bond acceptors (Lipinski definition) is 4. The van der Waals surface area contributed by atoms with Gasteiger partial charge < -0.3 is 0 Å². The minimum Gasteiger partial charge on any atom is -0.300 e. The Balaban J connectivity index is 2.39. The average Bonchev–Trinajstić information content (AvgIpc) is 2.79. The van der Waals surface area contributed by atoms with Gasteiger partial charge in [0.05, 0.1) is 5.52 Å². The van der Waals surface area contributed by atoms with Crippen LogP contribution in [0, 0.1) is 0 Å². The molecule has 6 nitrogen and oxygen atoms in total. The molecular weight excluding hydrogens is 264 g/mol. The summed E-state index contributed by atoms with van der Waals surface area (Å²) in [7, 11) is -3.78. The first-order valence-electron chi connectivity index (χ1n) is 5.46. The standard InChI is InChI=1S/C12H10N4O2S/c13-19(17,18)11-7-16(12-5-6-14-8-15-12)10-4-2-1-3-9(10)11/h1-8H,(H2,13,17,18). The van der Waals surface area contributed by atoms with Crippen LogP contribution in [0.5, 0.6) is 0 Å². The fourth-order valence-corrected chi connectivity index (χ4v) is 2.72. The van der Waals surface area contributed by atoms with Crippen LogP contribution in [0.1, 0.15) is 0 Å². The van der Waals surface area contributed by atoms with Crippen molar-refractivity contribution in [3.63, 3.8) is 0 Å². The third-order valence-corrected chi connectivity index (χ3v) is 3.73. The Morgan fingerprint density at radius 2 is 1.95 bits per heavy atom. The number of hydrogen-bond donors (Lipinski definition) is 1. The molecule has 2 aromatic heterocycles. The van der Waals surface area contributed by atoms with Crippen LogP contribution in [-0.2, 0) is 10.0 Å². The monoisotopic (exact) mass is 274 g/mol. The van der Waals surface area contributed by atoms with Crippen LogP contribution in [0.25, 0.3) is 16.7 Å². The zero-order valence-electron chi connectivity index (χ0n) is 9.76. The molecule has 0 bridgehead atoms. The second-order valence-corrected chi connectivity index (χ2v) is 5.52. The van der Waals surface area contributed by atoms with E-state index in [1.165, 1.54) is 12.5 Å². The van der Waals surface area contributed by atoms with Crippen molar-refractivity contribution in [1.29, 1.82) is 0 Å². The van der Waals surface area contributed by atoms with E-state index in [0.29, 0.717) is 11.2 Å². The molecule has 0 saturated carbocycles. The number of nitrogens with zero attached hydrogens (tertiary/aromatic N) is 3. The Kier molecular flexibility index (Phi) is 2.58. The molecule has 3 aromatic rings. The van der Waals surface area contributed by atoms with Crippen LogP contribution in [0.4, 0.5) is 0 Å². The van der Waals surface area contributed by atoms with Crippen molar-refractivity contribution in [3.05, 3.63) is 49.1 Å². The first-order valence-corrected chi connectivity index (χ1v) is 7.01. The molecule has 7 heteroatoms. The van der Waals surface area contributed by atoms with Gasteiger partial charge in [-0.05, 0) is 12.1 Å². The lowest BCUT2D eigenvalue weighted by molar-refractivity contribution is 0.598. The molecule has 2 heterocycles. The van der Waals surface area contributed by atoms with E-state index in [2.05, 4.69) is 9.97 Å². The van der Waals surface area contributed by atoms with E-state index in [-0.39, 0.29) is 4.90 Å². The summed E-state index contributed by atoms with van der Waals surface area (Å²) in [6.07, 6.45) is 4.47. The number of benzene rings is 1. The summed E-state index contributed by atoms with van der Waals surface area (Å²) in [5, 5.41) is 5.81. The van der Waals surface area contributed by atoms with Gasteiger partial charge in [0.25, 0.3) is 0 Å². The minimum atomic E-state index is -3.78. The molecule has 3 rings (SSSR count). The summed E-state index contributed by atoms with van der Waals surface area (Å²) in [5.74, 6) is 0.584. The van der Waals surface area contributed by atoms with Gasteiger partial charge in [-0.3, -0.25) is 4.57 Å². The molecule has 1 aromatic carbocycles. The maximum Gasteiger partial charge on any atom is 0.240 e. The number of para-hydroxylation sites is 1. The van der Waals surface area contributed by atoms with Gasteiger partial charge in [0.2, 0.25) is 10.0 Å². The number of primary sulfonamides is 1. The maximum atomic E-state index is 11.6. The van der Waals surface area contributed by atoms with E-state index in [9.17, 15) is 8.42 Å². The highest BCUT2D eigenvalue weighted by Gasteiger charge is 2.17. The summed E-state index contributed by atoms with van der Waals surface area (Å²) in [4.78, 5) is 8.03. The zero-order chi connectivity index (χ0) is 13.5. The van der Waals surface area contributed by atoms with Crippen molar-refractivity contribution in [1.82, 2.24) is 14.5 Å². The molecular formula is C12H10N4O2S. The maximum absolute atomic E-state index is 11.6. The van der Waals surface area contributed by atoms with Gasteiger partial charge in [0.1, 0.15) is 17.0 Å². The molecule has 0 amide bonds. The Bertz CT molecular complexity index is 841. The van der Waals surface area contributed by atoms with Gasteiger partial charge in [-0.2, -0.15) is 0 Å². The van der Waals surface area contributed by atoms with Gasteiger partial charge >= 0.3 is 0 Å². The summed E-state index contributed by atoms with van der Waals surface area (Å²) in [6, 6.07) is 8.81. The predicted octanol–water partition coefficient (Wildman–Crippen LogP) is 1.07. The molecule has 0 aliphatic carbocycles. The molecule has 0 fully saturated rings. The Morgan fingerprint density at radius 1 is 1.16 bits per heavy atom. The van der Waals surface area contributed by atoms with E-state index < -0.39 is 10.0 Å². The first-order chi connectivity index (χ1) is 9.07. The third kappa shape index (κ3) is 1.98. The molecule has 19 heavy (non-hydrogen) atoms. The average molecular weight is 274 g/mol. The third-order valence-electron chi connectivity index (χ3n) is 2.80. The summed E-state index contributed by atoms with van der Waals surface area (Å²) in [6.45, 7) is 0. The second kappa shape index (κ2) is 4.15. The van der Waals surface area contributed by atoms with E-state index >= 15 is 0 Å². The number of sulfonamides is 1. The number of nitrogens with two attached hydrogens (primary N) is 1. The molecule has 0 aliphatic heterocycles. The second-order valence-electron chi connectivity index (χ2n) is 3.99. The Labute approximate surface area is 109 Å². The molecule has 0 radical (unpaired) electrons. The largest absolute Gasteiger partial charge is 0.300 e. The van der Waals surface area contributed by atoms with Crippen molar-refractivity contribution in [2.75, 3.05) is 0 Å². The van der Waals surface area contributed by atoms with Crippen molar-refractivity contribution in [2.24, 2.45) is 5.14 Å². The highest BCUT2D eigenvalue weighted by molar-refractivity contribution is 7.89. The Hall–Kier alpha value is -2.25. The molecule has 0 saturated heterocycles. The number of fused-ring (bicyclic) bond motifs is 1. The molecule has 0 spiro atoms. The van der Waals surface area contributed by atoms with E-state index in [1.54, 1.807) is 29.0 Å². The lowest BCUT2D eigenvalue weighted by Crippen LogP contribution is -2.11. The van der Waals surface area contributed by atoms with Crippen LogP contribution in [-0.4, -0.2) is 23.0 Å². The first kappa shape index (κ1) is 11.8. The molecule has 0 aliphatic rings. The van der Waals surface area contributed by atoms with Crippen LogP contribution in [0.15, 0.2) is 53.9 Å². The predicted molar refractivity (Wildman–Crippen MR) is 70.2 cm³/mol. The minimum absolute atomic E-state index is 0.0849. The molecule has 0 unspecified atom stereocenters. The summed E-state index contributed by atoms with van der Waals surface area (Å²) in [5.41, 5.74) is 0.727.